The van der Waals surface area contributed by atoms with Gasteiger partial charge in [-0.05, 0) is 25.0 Å². The summed E-state index contributed by atoms with van der Waals surface area (Å²) >= 11 is 0. The van der Waals surface area contributed by atoms with Gasteiger partial charge in [-0.3, -0.25) is 9.48 Å². The lowest BCUT2D eigenvalue weighted by Crippen LogP contribution is -2.42. The number of nitrogens with zero attached hydrogens (tertiary/aromatic N) is 6. The predicted molar refractivity (Wildman–Crippen MR) is 102 cm³/mol. The largest absolute Gasteiger partial charge is 0.347 e. The Balaban J connectivity index is 1.42. The maximum atomic E-state index is 12.7. The molecule has 1 saturated heterocycles. The second-order valence-electron chi connectivity index (χ2n) is 7.18. The molecule has 1 fully saturated rings. The molecule has 1 aromatic carbocycles. The number of carbonyl (C=O) groups excluding carboxylic acids is 1. The number of carbonyl (C=O) groups is 1. The summed E-state index contributed by atoms with van der Waals surface area (Å²) in [5.41, 5.74) is 0.567. The number of hydrogen-bond donors (Lipinski definition) is 1. The number of para-hydroxylation sites is 1. The Hall–Kier alpha value is -3.23. The molecule has 0 unspecified atom stereocenters. The number of nitrogens with one attached hydrogen (secondary N) is 1. The van der Waals surface area contributed by atoms with E-state index in [-0.39, 0.29) is 23.4 Å². The molecule has 1 amide bonds. The molecule has 28 heavy (non-hydrogen) atoms. The summed E-state index contributed by atoms with van der Waals surface area (Å²) in [5.74, 6) is 0.829. The highest BCUT2D eigenvalue weighted by Crippen LogP contribution is 2.28. The Bertz CT molecular complexity index is 969. The summed E-state index contributed by atoms with van der Waals surface area (Å²) in [4.78, 5) is 30.8. The van der Waals surface area contributed by atoms with Crippen molar-refractivity contribution < 1.29 is 4.79 Å². The van der Waals surface area contributed by atoms with E-state index in [1.165, 1.54) is 6.33 Å². The van der Waals surface area contributed by atoms with E-state index in [9.17, 15) is 9.59 Å². The SMILES string of the molecule is C[C@@H](Cn1cncn1)C(=O)N1CCC(c2n[nH]c(=O)n2-c2ccccc2)CC1. The van der Waals surface area contributed by atoms with Crippen LogP contribution in [-0.4, -0.2) is 53.4 Å². The van der Waals surface area contributed by atoms with Gasteiger partial charge in [-0.15, -0.1) is 0 Å². The van der Waals surface area contributed by atoms with Crippen molar-refractivity contribution in [3.05, 3.63) is 59.3 Å². The molecule has 3 aromatic rings. The molecule has 0 bridgehead atoms. The van der Waals surface area contributed by atoms with E-state index in [1.54, 1.807) is 15.6 Å². The molecule has 1 atom stereocenters. The Morgan fingerprint density at radius 2 is 2.00 bits per heavy atom. The Kier molecular flexibility index (Phi) is 5.05. The smallest absolute Gasteiger partial charge is 0.342 e. The van der Waals surface area contributed by atoms with Gasteiger partial charge in [0, 0.05) is 19.0 Å². The summed E-state index contributed by atoms with van der Waals surface area (Å²) in [5, 5.41) is 10.9. The van der Waals surface area contributed by atoms with Crippen LogP contribution in [0.4, 0.5) is 0 Å². The molecular weight excluding hydrogens is 358 g/mol. The first-order valence-electron chi connectivity index (χ1n) is 9.47. The molecule has 2 aromatic heterocycles. The minimum Gasteiger partial charge on any atom is -0.342 e. The molecule has 1 N–H and O–H groups in total. The van der Waals surface area contributed by atoms with Crippen LogP contribution in [-0.2, 0) is 11.3 Å². The minimum absolute atomic E-state index is 0.122. The third kappa shape index (κ3) is 3.60. The first-order valence-corrected chi connectivity index (χ1v) is 9.47. The lowest BCUT2D eigenvalue weighted by molar-refractivity contribution is -0.136. The highest BCUT2D eigenvalue weighted by molar-refractivity contribution is 5.78. The zero-order valence-electron chi connectivity index (χ0n) is 15.7. The standard InChI is InChI=1S/C19H23N7O2/c1-14(11-25-13-20-12-21-25)18(27)24-9-7-15(8-10-24)17-22-23-19(28)26(17)16-5-3-2-4-6-16/h2-6,12-15H,7-11H2,1H3,(H,23,28)/t14-/m0/s1. The Morgan fingerprint density at radius 3 is 2.68 bits per heavy atom. The van der Waals surface area contributed by atoms with Crippen LogP contribution in [0.2, 0.25) is 0 Å². The van der Waals surface area contributed by atoms with Crippen LogP contribution in [0.1, 0.15) is 31.5 Å². The Labute approximate surface area is 162 Å². The van der Waals surface area contributed by atoms with Crippen LogP contribution in [0.5, 0.6) is 0 Å². The zero-order valence-corrected chi connectivity index (χ0v) is 15.7. The fourth-order valence-corrected chi connectivity index (χ4v) is 3.77. The van der Waals surface area contributed by atoms with Gasteiger partial charge in [0.2, 0.25) is 5.91 Å². The van der Waals surface area contributed by atoms with Crippen LogP contribution < -0.4 is 5.69 Å². The average molecular weight is 381 g/mol. The van der Waals surface area contributed by atoms with Crippen LogP contribution in [0, 0.1) is 5.92 Å². The molecule has 9 nitrogen and oxygen atoms in total. The monoisotopic (exact) mass is 381 g/mol. The molecular formula is C19H23N7O2. The number of aromatic amines is 1. The highest BCUT2D eigenvalue weighted by atomic mass is 16.2. The summed E-state index contributed by atoms with van der Waals surface area (Å²) < 4.78 is 3.31. The van der Waals surface area contributed by atoms with Crippen LogP contribution >= 0.6 is 0 Å². The second kappa shape index (κ2) is 7.79. The van der Waals surface area contributed by atoms with Crippen molar-refractivity contribution in [1.29, 1.82) is 0 Å². The van der Waals surface area contributed by atoms with Crippen molar-refractivity contribution in [1.82, 2.24) is 34.4 Å². The number of hydrogen-bond acceptors (Lipinski definition) is 5. The molecule has 4 rings (SSSR count). The van der Waals surface area contributed by atoms with E-state index in [2.05, 4.69) is 20.3 Å². The molecule has 0 saturated carbocycles. The Morgan fingerprint density at radius 1 is 1.25 bits per heavy atom. The normalized spacial score (nSPS) is 16.2. The first kappa shape index (κ1) is 18.1. The number of benzene rings is 1. The van der Waals surface area contributed by atoms with Gasteiger partial charge < -0.3 is 4.90 Å². The summed E-state index contributed by atoms with van der Waals surface area (Å²) in [7, 11) is 0. The number of piperidine rings is 1. The quantitative estimate of drug-likeness (QED) is 0.715. The number of likely N-dealkylation sites (tertiary alicyclic amines) is 1. The van der Waals surface area contributed by atoms with Gasteiger partial charge in [-0.25, -0.2) is 19.4 Å². The minimum atomic E-state index is -0.235. The fraction of sp³-hybridized carbons (Fsp3) is 0.421. The highest BCUT2D eigenvalue weighted by Gasteiger charge is 2.30. The van der Waals surface area contributed by atoms with E-state index in [4.69, 9.17) is 0 Å². The predicted octanol–water partition coefficient (Wildman–Crippen LogP) is 1.19. The van der Waals surface area contributed by atoms with Gasteiger partial charge in [0.15, 0.2) is 0 Å². The number of H-pyrrole nitrogens is 1. The molecule has 9 heteroatoms. The third-order valence-corrected chi connectivity index (χ3v) is 5.23. The first-order chi connectivity index (χ1) is 13.6. The average Bonchev–Trinajstić information content (AvgIpc) is 3.37. The second-order valence-corrected chi connectivity index (χ2v) is 7.18. The third-order valence-electron chi connectivity index (χ3n) is 5.23. The zero-order chi connectivity index (χ0) is 19.5. The van der Waals surface area contributed by atoms with E-state index < -0.39 is 0 Å². The van der Waals surface area contributed by atoms with Gasteiger partial charge >= 0.3 is 5.69 Å². The number of amides is 1. The van der Waals surface area contributed by atoms with Crippen molar-refractivity contribution >= 4 is 5.91 Å². The van der Waals surface area contributed by atoms with Crippen LogP contribution in [0.15, 0.2) is 47.8 Å². The van der Waals surface area contributed by atoms with E-state index >= 15 is 0 Å². The molecule has 0 aliphatic carbocycles. The number of aromatic nitrogens is 6. The molecule has 0 radical (unpaired) electrons. The summed E-state index contributed by atoms with van der Waals surface area (Å²) in [6.07, 6.45) is 4.65. The molecule has 1 aliphatic heterocycles. The van der Waals surface area contributed by atoms with Crippen LogP contribution in [0.3, 0.4) is 0 Å². The maximum absolute atomic E-state index is 12.7. The van der Waals surface area contributed by atoms with Gasteiger partial charge in [0.1, 0.15) is 18.5 Å². The lowest BCUT2D eigenvalue weighted by Gasteiger charge is -2.33. The van der Waals surface area contributed by atoms with Gasteiger partial charge in [0.25, 0.3) is 0 Å². The van der Waals surface area contributed by atoms with E-state index in [1.807, 2.05) is 42.2 Å². The lowest BCUT2D eigenvalue weighted by atomic mass is 9.94. The van der Waals surface area contributed by atoms with Gasteiger partial charge in [-0.1, -0.05) is 25.1 Å². The number of rotatable bonds is 5. The van der Waals surface area contributed by atoms with Gasteiger partial charge in [-0.2, -0.15) is 10.2 Å². The van der Waals surface area contributed by atoms with E-state index in [0.29, 0.717) is 19.6 Å². The molecule has 0 spiro atoms. The van der Waals surface area contributed by atoms with Crippen molar-refractivity contribution in [2.75, 3.05) is 13.1 Å². The topological polar surface area (TPSA) is 102 Å². The maximum Gasteiger partial charge on any atom is 0.347 e. The van der Waals surface area contributed by atoms with E-state index in [0.717, 1.165) is 24.4 Å². The fourth-order valence-electron chi connectivity index (χ4n) is 3.77. The summed E-state index contributed by atoms with van der Waals surface area (Å²) in [6.45, 7) is 3.74. The van der Waals surface area contributed by atoms with Crippen molar-refractivity contribution in [2.45, 2.75) is 32.2 Å². The molecule has 3 heterocycles. The van der Waals surface area contributed by atoms with Crippen LogP contribution in [0.25, 0.3) is 5.69 Å². The van der Waals surface area contributed by atoms with Crippen molar-refractivity contribution in [3.8, 4) is 5.69 Å². The van der Waals surface area contributed by atoms with Crippen molar-refractivity contribution in [3.63, 3.8) is 0 Å². The van der Waals surface area contributed by atoms with Crippen molar-refractivity contribution in [2.24, 2.45) is 5.92 Å². The summed E-state index contributed by atoms with van der Waals surface area (Å²) in [6, 6.07) is 9.50. The molecule has 1 aliphatic rings. The van der Waals surface area contributed by atoms with Gasteiger partial charge in [0.05, 0.1) is 18.2 Å². The molecule has 146 valence electrons.